The summed E-state index contributed by atoms with van der Waals surface area (Å²) in [6, 6.07) is 0.162. The molecule has 2 N–H and O–H groups in total. The first kappa shape index (κ1) is 14.3. The van der Waals surface area contributed by atoms with Gasteiger partial charge in [-0.2, -0.15) is 5.10 Å². The van der Waals surface area contributed by atoms with Crippen molar-refractivity contribution in [2.45, 2.75) is 45.2 Å². The van der Waals surface area contributed by atoms with Gasteiger partial charge in [0.15, 0.2) is 0 Å². The van der Waals surface area contributed by atoms with Gasteiger partial charge in [0.25, 0.3) is 5.56 Å². The molecule has 0 radical (unpaired) electrons. The predicted molar refractivity (Wildman–Crippen MR) is 75.6 cm³/mol. The molecule has 19 heavy (non-hydrogen) atoms. The van der Waals surface area contributed by atoms with E-state index < -0.39 is 0 Å². The van der Waals surface area contributed by atoms with Crippen molar-refractivity contribution < 1.29 is 5.11 Å². The van der Waals surface area contributed by atoms with Gasteiger partial charge in [0, 0.05) is 25.1 Å². The van der Waals surface area contributed by atoms with E-state index in [1.54, 1.807) is 6.20 Å². The van der Waals surface area contributed by atoms with Gasteiger partial charge in [-0.05, 0) is 19.8 Å². The van der Waals surface area contributed by atoms with Crippen LogP contribution in [0.15, 0.2) is 11.0 Å². The second-order valence-electron chi connectivity index (χ2n) is 4.97. The molecule has 6 heteroatoms. The van der Waals surface area contributed by atoms with E-state index >= 15 is 0 Å². The fourth-order valence-corrected chi connectivity index (χ4v) is 2.81. The molecule has 0 aromatic carbocycles. The highest BCUT2D eigenvalue weighted by Crippen LogP contribution is 2.28. The van der Waals surface area contributed by atoms with Crippen molar-refractivity contribution in [2.75, 3.05) is 11.9 Å². The van der Waals surface area contributed by atoms with Crippen LogP contribution in [-0.2, 0) is 6.54 Å². The van der Waals surface area contributed by atoms with Gasteiger partial charge in [-0.1, -0.05) is 24.4 Å². The molecule has 5 nitrogen and oxygen atoms in total. The van der Waals surface area contributed by atoms with E-state index in [2.05, 4.69) is 10.4 Å². The average Bonchev–Trinajstić information content (AvgIpc) is 2.45. The minimum atomic E-state index is -0.273. The Labute approximate surface area is 117 Å². The molecule has 2 atom stereocenters. The van der Waals surface area contributed by atoms with Crippen LogP contribution in [0.1, 0.15) is 32.6 Å². The van der Waals surface area contributed by atoms with Gasteiger partial charge < -0.3 is 10.4 Å². The van der Waals surface area contributed by atoms with Crippen molar-refractivity contribution in [2.24, 2.45) is 5.92 Å². The van der Waals surface area contributed by atoms with E-state index in [0.717, 1.165) is 25.7 Å². The molecule has 2 unspecified atom stereocenters. The molecule has 1 aromatic heterocycles. The minimum absolute atomic E-state index is 0.161. The molecule has 0 aliphatic heterocycles. The lowest BCUT2D eigenvalue weighted by molar-refractivity contribution is 0.178. The number of rotatable bonds is 4. The lowest BCUT2D eigenvalue weighted by atomic mass is 9.85. The zero-order valence-corrected chi connectivity index (χ0v) is 11.9. The first-order chi connectivity index (χ1) is 9.17. The topological polar surface area (TPSA) is 67.2 Å². The zero-order chi connectivity index (χ0) is 13.8. The summed E-state index contributed by atoms with van der Waals surface area (Å²) in [6.07, 6.45) is 5.86. The number of aryl methyl sites for hydroxylation is 1. The molecule has 1 heterocycles. The third-order valence-electron chi connectivity index (χ3n) is 3.77. The van der Waals surface area contributed by atoms with E-state index in [4.69, 9.17) is 11.6 Å². The Morgan fingerprint density at radius 1 is 1.53 bits per heavy atom. The molecule has 0 saturated heterocycles. The summed E-state index contributed by atoms with van der Waals surface area (Å²) >= 11 is 6.09. The van der Waals surface area contributed by atoms with Gasteiger partial charge in [-0.25, -0.2) is 4.68 Å². The highest BCUT2D eigenvalue weighted by atomic mass is 35.5. The molecule has 2 rings (SSSR count). The fourth-order valence-electron chi connectivity index (χ4n) is 2.61. The molecule has 1 saturated carbocycles. The van der Waals surface area contributed by atoms with Crippen LogP contribution in [0.2, 0.25) is 5.02 Å². The van der Waals surface area contributed by atoms with E-state index in [1.165, 1.54) is 4.68 Å². The van der Waals surface area contributed by atoms with Crippen molar-refractivity contribution in [3.63, 3.8) is 0 Å². The van der Waals surface area contributed by atoms with Gasteiger partial charge in [0.2, 0.25) is 0 Å². The predicted octanol–water partition coefficient (Wildman–Crippen LogP) is 1.88. The molecule has 1 aliphatic carbocycles. The van der Waals surface area contributed by atoms with Gasteiger partial charge >= 0.3 is 0 Å². The Hall–Kier alpha value is -1.07. The molecule has 1 fully saturated rings. The Bertz CT molecular complexity index is 489. The summed E-state index contributed by atoms with van der Waals surface area (Å²) in [5.41, 5.74) is 0.298. The summed E-state index contributed by atoms with van der Waals surface area (Å²) < 4.78 is 1.33. The van der Waals surface area contributed by atoms with Crippen LogP contribution in [0.25, 0.3) is 0 Å². The molecule has 0 amide bonds. The lowest BCUT2D eigenvalue weighted by Gasteiger charge is -2.31. The molecule has 1 aliphatic rings. The molecular formula is C13H20ClN3O2. The molecule has 106 valence electrons. The number of nitrogens with one attached hydrogen (secondary N) is 1. The summed E-state index contributed by atoms with van der Waals surface area (Å²) in [4.78, 5) is 11.9. The van der Waals surface area contributed by atoms with E-state index in [1.807, 2.05) is 6.92 Å². The Kier molecular flexibility index (Phi) is 4.82. The monoisotopic (exact) mass is 285 g/mol. The summed E-state index contributed by atoms with van der Waals surface area (Å²) in [6.45, 7) is 2.51. The van der Waals surface area contributed by atoms with Gasteiger partial charge in [-0.15, -0.1) is 0 Å². The quantitative estimate of drug-likeness (QED) is 0.886. The highest BCUT2D eigenvalue weighted by Gasteiger charge is 2.25. The fraction of sp³-hybridized carbons (Fsp3) is 0.692. The maximum absolute atomic E-state index is 11.9. The van der Waals surface area contributed by atoms with Crippen LogP contribution >= 0.6 is 11.6 Å². The molecular weight excluding hydrogens is 266 g/mol. The number of nitrogens with zero attached hydrogens (tertiary/aromatic N) is 2. The first-order valence-corrected chi connectivity index (χ1v) is 7.18. The summed E-state index contributed by atoms with van der Waals surface area (Å²) in [5, 5.41) is 16.9. The average molecular weight is 286 g/mol. The summed E-state index contributed by atoms with van der Waals surface area (Å²) in [5.74, 6) is 0.221. The van der Waals surface area contributed by atoms with Crippen molar-refractivity contribution in [1.82, 2.24) is 9.78 Å². The lowest BCUT2D eigenvalue weighted by Crippen LogP contribution is -2.35. The van der Waals surface area contributed by atoms with Crippen LogP contribution in [-0.4, -0.2) is 27.5 Å². The number of halogens is 1. The summed E-state index contributed by atoms with van der Waals surface area (Å²) in [7, 11) is 0. The number of hydrogen-bond acceptors (Lipinski definition) is 4. The first-order valence-electron chi connectivity index (χ1n) is 6.80. The van der Waals surface area contributed by atoms with E-state index in [-0.39, 0.29) is 29.1 Å². The second-order valence-corrected chi connectivity index (χ2v) is 5.35. The zero-order valence-electron chi connectivity index (χ0n) is 11.1. The van der Waals surface area contributed by atoms with Crippen LogP contribution in [0.3, 0.4) is 0 Å². The van der Waals surface area contributed by atoms with Crippen LogP contribution in [0.5, 0.6) is 0 Å². The Balaban J connectivity index is 2.19. The highest BCUT2D eigenvalue weighted by molar-refractivity contribution is 6.32. The van der Waals surface area contributed by atoms with Gasteiger partial charge in [-0.3, -0.25) is 4.79 Å². The standard InChI is InChI=1S/C13H20ClN3O2/c1-2-17-13(19)12(14)11(7-15-17)16-10-6-4-3-5-9(10)8-18/h7,9-10,16,18H,2-6,8H2,1H3. The number of anilines is 1. The number of aliphatic hydroxyl groups excluding tert-OH is 1. The van der Waals surface area contributed by atoms with E-state index in [9.17, 15) is 9.90 Å². The maximum Gasteiger partial charge on any atom is 0.287 e. The smallest absolute Gasteiger partial charge is 0.287 e. The van der Waals surface area contributed by atoms with Crippen molar-refractivity contribution >= 4 is 17.3 Å². The second kappa shape index (κ2) is 6.39. The largest absolute Gasteiger partial charge is 0.396 e. The van der Waals surface area contributed by atoms with Crippen molar-refractivity contribution in [1.29, 1.82) is 0 Å². The van der Waals surface area contributed by atoms with E-state index in [0.29, 0.717) is 12.2 Å². The van der Waals surface area contributed by atoms with Gasteiger partial charge in [0.05, 0.1) is 11.9 Å². The number of hydrogen-bond donors (Lipinski definition) is 2. The normalized spacial score (nSPS) is 23.3. The van der Waals surface area contributed by atoms with Crippen molar-refractivity contribution in [3.8, 4) is 0 Å². The SMILES string of the molecule is CCn1ncc(NC2CCCCC2CO)c(Cl)c1=O. The van der Waals surface area contributed by atoms with Crippen LogP contribution < -0.4 is 10.9 Å². The van der Waals surface area contributed by atoms with Crippen LogP contribution in [0, 0.1) is 5.92 Å². The number of aliphatic hydroxyl groups is 1. The third kappa shape index (κ3) is 3.09. The maximum atomic E-state index is 11.9. The molecule has 0 bridgehead atoms. The Morgan fingerprint density at radius 2 is 2.26 bits per heavy atom. The number of aromatic nitrogens is 2. The Morgan fingerprint density at radius 3 is 2.95 bits per heavy atom. The van der Waals surface area contributed by atoms with Crippen LogP contribution in [0.4, 0.5) is 5.69 Å². The van der Waals surface area contributed by atoms with Crippen molar-refractivity contribution in [3.05, 3.63) is 21.6 Å². The molecule has 1 aromatic rings. The minimum Gasteiger partial charge on any atom is -0.396 e. The van der Waals surface area contributed by atoms with Gasteiger partial charge in [0.1, 0.15) is 5.02 Å². The third-order valence-corrected chi connectivity index (χ3v) is 4.13. The molecule has 0 spiro atoms.